The van der Waals surface area contributed by atoms with Crippen molar-refractivity contribution in [1.29, 1.82) is 0 Å². The van der Waals surface area contributed by atoms with E-state index in [-0.39, 0.29) is 29.4 Å². The highest BCUT2D eigenvalue weighted by molar-refractivity contribution is 5.97. The van der Waals surface area contributed by atoms with Gasteiger partial charge in [-0.25, -0.2) is 18.7 Å². The number of fused-ring (bicyclic) bond motifs is 6. The van der Waals surface area contributed by atoms with Crippen LogP contribution in [0.5, 0.6) is 5.75 Å². The molecule has 27 heteroatoms. The molecule has 0 bridgehead atoms. The van der Waals surface area contributed by atoms with Crippen LogP contribution in [0.4, 0.5) is 8.78 Å². The number of aromatic amines is 3. The number of ether oxygens (including phenoxy) is 1. The van der Waals surface area contributed by atoms with Crippen molar-refractivity contribution in [3.8, 4) is 73.9 Å². The predicted molar refractivity (Wildman–Crippen MR) is 422 cm³/mol. The van der Waals surface area contributed by atoms with E-state index < -0.39 is 0 Å². The molecule has 0 amide bonds. The van der Waals surface area contributed by atoms with Gasteiger partial charge < -0.3 is 31.2 Å². The molecular weight excluding hydrogens is 1430 g/mol. The average molecular weight is 1510 g/mol. The summed E-state index contributed by atoms with van der Waals surface area (Å²) in [5.74, 6) is 4.96. The van der Waals surface area contributed by atoms with Gasteiger partial charge in [-0.3, -0.25) is 35.0 Å². The number of H-pyrrole nitrogens is 3. The number of nitrogens with one attached hydrogen (secondary N) is 3. The van der Waals surface area contributed by atoms with Gasteiger partial charge >= 0.3 is 0 Å². The molecule has 25 nitrogen and oxygen atoms in total. The van der Waals surface area contributed by atoms with Gasteiger partial charge in [-0.1, -0.05) is 42.5 Å². The second-order valence-corrected chi connectivity index (χ2v) is 29.2. The van der Waals surface area contributed by atoms with E-state index in [4.69, 9.17) is 22.4 Å². The fourth-order valence-corrected chi connectivity index (χ4v) is 16.0. The lowest BCUT2D eigenvalue weighted by molar-refractivity contribution is 0.176. The highest BCUT2D eigenvalue weighted by Crippen LogP contribution is 2.39. The number of aryl methyl sites for hydroxylation is 1. The van der Waals surface area contributed by atoms with Crippen LogP contribution in [0.2, 0.25) is 0 Å². The maximum Gasteiger partial charge on any atom is 0.247 e. The van der Waals surface area contributed by atoms with Crippen molar-refractivity contribution in [2.24, 2.45) is 0 Å². The third kappa shape index (κ3) is 14.6. The van der Waals surface area contributed by atoms with Crippen molar-refractivity contribution in [1.82, 2.24) is 99.6 Å². The maximum absolute atomic E-state index is 14.5. The van der Waals surface area contributed by atoms with Crippen LogP contribution < -0.4 is 4.74 Å². The number of aromatic nitrogens is 17. The van der Waals surface area contributed by atoms with Crippen molar-refractivity contribution < 1.29 is 31.2 Å². The molecule has 6 aromatic carbocycles. The second-order valence-electron chi connectivity index (χ2n) is 29.2. The Morgan fingerprint density at radius 1 is 0.442 bits per heavy atom. The zero-order valence-electron chi connectivity index (χ0n) is 61.9. The Balaban J connectivity index is 0.000000114. The number of halogens is 2. The summed E-state index contributed by atoms with van der Waals surface area (Å²) in [6, 6.07) is 52.2. The first-order chi connectivity index (χ1) is 55.6. The molecule has 0 spiro atoms. The van der Waals surface area contributed by atoms with E-state index in [1.165, 1.54) is 12.1 Å². The number of rotatable bonds is 16. The standard InChI is InChI=1S/C30H25N7O2.C29H26FN7O2.C27H25FN6O/c1-2-6-26-19(4-1)14-23(38-26)18-36-12-3-5-22(16-36)30-35-34-29(39-30)20-7-9-25-24(15-20)28(33-32-25)21-8-10-27-31-11-13-37(27)17-21;1-38-25-6-2-5-23(30)22(25)17-36-12-3-4-20(15-36)29-35-34-28(39-29)18-7-9-24-21(14-18)27(33-32-24)19-8-10-26-31-11-13-37(26)16-19;1-17-13-18(10-11-29-17)25-22-14-19(8-9-24(22)30-31-25)26-32-33-27(35-26)21-6-4-12-34(16-21)15-20-5-2-3-7-23(20)28/h1-2,4,6-11,13-15,17,22H,3,5,12,16,18H2,(H,32,33);2,5-11,13-14,16,20H,3-4,12,15,17H2,1H3,(H,32,33);2-3,5,7-11,13-14,21H,4,6,12,15-16H2,1H3,(H,30,31)/t22-;20-;21-/m111/s1. The Bertz CT molecular complexity index is 6410. The van der Waals surface area contributed by atoms with Gasteiger partial charge in [-0.05, 0) is 186 Å². The molecule has 0 aliphatic carbocycles. The lowest BCUT2D eigenvalue weighted by atomic mass is 9.97. The molecule has 3 fully saturated rings. The minimum absolute atomic E-state index is 0.0768. The van der Waals surface area contributed by atoms with Crippen LogP contribution in [-0.2, 0) is 19.6 Å². The predicted octanol–water partition coefficient (Wildman–Crippen LogP) is 17.0. The van der Waals surface area contributed by atoms with Gasteiger partial charge in [-0.2, -0.15) is 15.3 Å². The summed E-state index contributed by atoms with van der Waals surface area (Å²) in [6.07, 6.45) is 19.2. The average Bonchev–Trinajstić information content (AvgIpc) is 1.63. The minimum Gasteiger partial charge on any atom is -0.496 e. The zero-order chi connectivity index (χ0) is 75.9. The maximum atomic E-state index is 14.5. The number of nitrogens with zero attached hydrogens (tertiary/aromatic N) is 17. The number of benzene rings is 6. The molecule has 0 radical (unpaired) electrons. The van der Waals surface area contributed by atoms with Crippen LogP contribution >= 0.6 is 0 Å². The minimum atomic E-state index is -0.254. The Hall–Kier alpha value is -13.2. The van der Waals surface area contributed by atoms with Gasteiger partial charge in [0, 0.05) is 148 Å². The summed E-state index contributed by atoms with van der Waals surface area (Å²) in [5.41, 5.74) is 15.9. The number of furan rings is 1. The SMILES string of the molecule is COc1cccc(F)c1CN1CCC[C@@H](c2nnc(-c3ccc4[nH]nc(-c5ccc6nccn6c5)c4c3)o2)C1.Cc1cc(-c2n[nH]c3ccc(-c4nnc([C@@H]5CCCN(Cc6ccccc6F)C5)o4)cc23)ccn1.c1ccc2oc(CN3CCC[C@@H](c4nnc(-c5ccc6[nH]nc(-c7ccc8nccn8c7)c6c5)o4)C3)cc2c1. The summed E-state index contributed by atoms with van der Waals surface area (Å²) in [7, 11) is 1.57. The summed E-state index contributed by atoms with van der Waals surface area (Å²) < 4.78 is 62.7. The van der Waals surface area contributed by atoms with Gasteiger partial charge in [0.25, 0.3) is 0 Å². The van der Waals surface area contributed by atoms with Crippen molar-refractivity contribution >= 4 is 55.0 Å². The largest absolute Gasteiger partial charge is 0.496 e. The first kappa shape index (κ1) is 70.2. The van der Waals surface area contributed by atoms with Crippen LogP contribution in [-0.4, -0.2) is 146 Å². The Morgan fingerprint density at radius 2 is 0.929 bits per heavy atom. The highest BCUT2D eigenvalue weighted by Gasteiger charge is 2.31. The van der Waals surface area contributed by atoms with Crippen molar-refractivity contribution in [3.05, 3.63) is 259 Å². The second kappa shape index (κ2) is 30.6. The summed E-state index contributed by atoms with van der Waals surface area (Å²) in [6.45, 7) is 8.96. The molecule has 3 aliphatic rings. The Kier molecular flexibility index (Phi) is 19.0. The summed E-state index contributed by atoms with van der Waals surface area (Å²) >= 11 is 0. The van der Waals surface area contributed by atoms with Crippen LogP contribution in [0.3, 0.4) is 0 Å². The van der Waals surface area contributed by atoms with Gasteiger partial charge in [0.2, 0.25) is 35.3 Å². The van der Waals surface area contributed by atoms with E-state index in [1.807, 2.05) is 156 Å². The Morgan fingerprint density at radius 3 is 1.45 bits per heavy atom. The topological polar surface area (TPSA) is 282 Å². The van der Waals surface area contributed by atoms with Crippen LogP contribution in [0, 0.1) is 18.6 Å². The van der Waals surface area contributed by atoms with Crippen molar-refractivity contribution in [2.45, 2.75) is 82.8 Å². The molecule has 113 heavy (non-hydrogen) atoms. The van der Waals surface area contributed by atoms with Gasteiger partial charge in [0.05, 0.1) is 48.0 Å². The molecule has 3 N–H and O–H groups in total. The van der Waals surface area contributed by atoms with Crippen molar-refractivity contribution in [2.75, 3.05) is 46.4 Å². The molecule has 0 unspecified atom stereocenters. The third-order valence-electron chi connectivity index (χ3n) is 21.7. The number of likely N-dealkylation sites (tertiary alicyclic amines) is 3. The molecule has 12 aromatic heterocycles. The van der Waals surface area contributed by atoms with Crippen molar-refractivity contribution in [3.63, 3.8) is 0 Å². The molecule has 3 atom stereocenters. The molecule has 21 rings (SSSR count). The van der Waals surface area contributed by atoms with E-state index in [9.17, 15) is 8.78 Å². The number of para-hydroxylation sites is 1. The molecular formula is C86H76F2N20O5. The molecule has 0 saturated carbocycles. The van der Waals surface area contributed by atoms with E-state index in [1.54, 1.807) is 43.9 Å². The highest BCUT2D eigenvalue weighted by atomic mass is 19.1. The monoisotopic (exact) mass is 1510 g/mol. The lowest BCUT2D eigenvalue weighted by Gasteiger charge is -2.31. The number of hydrogen-bond donors (Lipinski definition) is 3. The molecule has 15 heterocycles. The summed E-state index contributed by atoms with van der Waals surface area (Å²) in [5, 5.41) is 53.6. The number of piperidine rings is 3. The lowest BCUT2D eigenvalue weighted by Crippen LogP contribution is -2.34. The number of methoxy groups -OCH3 is 1. The first-order valence-corrected chi connectivity index (χ1v) is 38.0. The normalized spacial score (nSPS) is 16.5. The first-order valence-electron chi connectivity index (χ1n) is 38.0. The zero-order valence-corrected chi connectivity index (χ0v) is 61.9. The smallest absolute Gasteiger partial charge is 0.247 e. The quantitative estimate of drug-likeness (QED) is 0.0810. The number of pyridine rings is 3. The fourth-order valence-electron chi connectivity index (χ4n) is 16.0. The van der Waals surface area contributed by atoms with Crippen LogP contribution in [0.1, 0.15) is 96.5 Å². The van der Waals surface area contributed by atoms with Gasteiger partial charge in [0.15, 0.2) is 0 Å². The van der Waals surface area contributed by atoms with Crippen LogP contribution in [0.15, 0.2) is 225 Å². The van der Waals surface area contributed by atoms with E-state index in [2.05, 4.69) is 109 Å². The van der Waals surface area contributed by atoms with E-state index >= 15 is 0 Å². The van der Waals surface area contributed by atoms with Crippen LogP contribution in [0.25, 0.3) is 123 Å². The van der Waals surface area contributed by atoms with E-state index in [0.29, 0.717) is 71.9 Å². The molecule has 18 aromatic rings. The van der Waals surface area contributed by atoms with Gasteiger partial charge in [0.1, 0.15) is 57.1 Å². The number of hydrogen-bond acceptors (Lipinski definition) is 20. The number of imidazole rings is 2. The fraction of sp³-hybridized carbons (Fsp3) is 0.233. The van der Waals surface area contributed by atoms with E-state index in [0.717, 1.165) is 195 Å². The Labute approximate surface area is 644 Å². The molecule has 3 saturated heterocycles. The van der Waals surface area contributed by atoms with Gasteiger partial charge in [-0.15, -0.1) is 30.6 Å². The summed E-state index contributed by atoms with van der Waals surface area (Å²) in [4.78, 5) is 19.8. The molecule has 3 aliphatic heterocycles. The third-order valence-corrected chi connectivity index (χ3v) is 21.7. The molecule has 564 valence electrons.